The van der Waals surface area contributed by atoms with Crippen LogP contribution in [0, 0.1) is 11.8 Å². The van der Waals surface area contributed by atoms with E-state index in [2.05, 4.69) is 33.0 Å². The Hall–Kier alpha value is -2.62. The number of nitrogens with zero attached hydrogens (tertiary/aromatic N) is 1. The molecule has 4 heteroatoms. The standard InChI is InChI=1S/C23H30N2O2/c1-17(2)15-25(16-18(3)4)23(27)21-12-10-19(11-13-21)14-24-22(26)20-8-6-5-7-9-20/h5-13,17-18H,14-16H2,1-4H3,(H,24,26). The molecule has 0 aromatic heterocycles. The predicted molar refractivity (Wildman–Crippen MR) is 110 cm³/mol. The first kappa shape index (κ1) is 20.7. The number of hydrogen-bond acceptors (Lipinski definition) is 2. The molecule has 0 atom stereocenters. The summed E-state index contributed by atoms with van der Waals surface area (Å²) < 4.78 is 0. The molecule has 0 saturated carbocycles. The van der Waals surface area contributed by atoms with Crippen LogP contribution >= 0.6 is 0 Å². The van der Waals surface area contributed by atoms with Crippen LogP contribution in [0.15, 0.2) is 54.6 Å². The van der Waals surface area contributed by atoms with E-state index in [1.807, 2.05) is 47.4 Å². The second-order valence-corrected chi connectivity index (χ2v) is 7.74. The van der Waals surface area contributed by atoms with E-state index in [1.54, 1.807) is 12.1 Å². The largest absolute Gasteiger partial charge is 0.348 e. The summed E-state index contributed by atoms with van der Waals surface area (Å²) in [6.45, 7) is 10.4. The second-order valence-electron chi connectivity index (χ2n) is 7.74. The van der Waals surface area contributed by atoms with E-state index in [-0.39, 0.29) is 11.8 Å². The lowest BCUT2D eigenvalue weighted by Crippen LogP contribution is -2.37. The molecule has 27 heavy (non-hydrogen) atoms. The van der Waals surface area contributed by atoms with Crippen LogP contribution in [0.3, 0.4) is 0 Å². The Labute approximate surface area is 162 Å². The molecule has 0 saturated heterocycles. The van der Waals surface area contributed by atoms with Gasteiger partial charge in [0.1, 0.15) is 0 Å². The first-order valence-corrected chi connectivity index (χ1v) is 9.58. The van der Waals surface area contributed by atoms with Crippen molar-refractivity contribution in [1.82, 2.24) is 10.2 Å². The minimum atomic E-state index is -0.101. The van der Waals surface area contributed by atoms with Crippen molar-refractivity contribution in [1.29, 1.82) is 0 Å². The maximum absolute atomic E-state index is 12.8. The van der Waals surface area contributed by atoms with E-state index in [0.717, 1.165) is 18.7 Å². The average molecular weight is 367 g/mol. The summed E-state index contributed by atoms with van der Waals surface area (Å²) in [5.41, 5.74) is 2.30. The van der Waals surface area contributed by atoms with Gasteiger partial charge in [0, 0.05) is 30.8 Å². The summed E-state index contributed by atoms with van der Waals surface area (Å²) in [4.78, 5) is 26.9. The van der Waals surface area contributed by atoms with Gasteiger partial charge in [0.2, 0.25) is 0 Å². The van der Waals surface area contributed by atoms with Gasteiger partial charge >= 0.3 is 0 Å². The highest BCUT2D eigenvalue weighted by molar-refractivity contribution is 5.95. The van der Waals surface area contributed by atoms with Crippen molar-refractivity contribution >= 4 is 11.8 Å². The zero-order valence-corrected chi connectivity index (χ0v) is 16.7. The molecule has 0 aliphatic carbocycles. The van der Waals surface area contributed by atoms with Crippen molar-refractivity contribution in [2.24, 2.45) is 11.8 Å². The Morgan fingerprint density at radius 3 is 1.89 bits per heavy atom. The summed E-state index contributed by atoms with van der Waals surface area (Å²) in [7, 11) is 0. The average Bonchev–Trinajstić information content (AvgIpc) is 2.65. The van der Waals surface area contributed by atoms with Gasteiger partial charge in [0.15, 0.2) is 0 Å². The molecule has 0 aliphatic heterocycles. The quantitative estimate of drug-likeness (QED) is 0.754. The summed E-state index contributed by atoms with van der Waals surface area (Å²) in [5, 5.41) is 2.90. The summed E-state index contributed by atoms with van der Waals surface area (Å²) in [6, 6.07) is 16.6. The molecule has 0 radical (unpaired) electrons. The van der Waals surface area contributed by atoms with Gasteiger partial charge in [-0.2, -0.15) is 0 Å². The summed E-state index contributed by atoms with van der Waals surface area (Å²) in [6.07, 6.45) is 0. The number of hydrogen-bond donors (Lipinski definition) is 1. The Morgan fingerprint density at radius 2 is 1.37 bits per heavy atom. The molecule has 2 aromatic rings. The monoisotopic (exact) mass is 366 g/mol. The first-order chi connectivity index (χ1) is 12.9. The van der Waals surface area contributed by atoms with E-state index in [0.29, 0.717) is 29.5 Å². The number of carbonyl (C=O) groups excluding carboxylic acids is 2. The molecule has 1 N–H and O–H groups in total. The molecule has 0 heterocycles. The number of nitrogens with one attached hydrogen (secondary N) is 1. The van der Waals surface area contributed by atoms with Gasteiger partial charge in [-0.25, -0.2) is 0 Å². The fourth-order valence-electron chi connectivity index (χ4n) is 2.94. The Morgan fingerprint density at radius 1 is 0.815 bits per heavy atom. The van der Waals surface area contributed by atoms with Gasteiger partial charge in [-0.15, -0.1) is 0 Å². The molecule has 2 amide bonds. The van der Waals surface area contributed by atoms with Crippen molar-refractivity contribution in [3.8, 4) is 0 Å². The molecule has 0 fully saturated rings. The number of benzene rings is 2. The van der Waals surface area contributed by atoms with Crippen LogP contribution < -0.4 is 5.32 Å². The molecule has 0 aliphatic rings. The Balaban J connectivity index is 1.98. The van der Waals surface area contributed by atoms with Crippen molar-refractivity contribution in [3.05, 3.63) is 71.3 Å². The number of carbonyl (C=O) groups is 2. The maximum atomic E-state index is 12.8. The van der Waals surface area contributed by atoms with Gasteiger partial charge < -0.3 is 10.2 Å². The molecule has 0 spiro atoms. The lowest BCUT2D eigenvalue weighted by molar-refractivity contribution is 0.0715. The minimum absolute atomic E-state index is 0.0669. The first-order valence-electron chi connectivity index (χ1n) is 9.58. The van der Waals surface area contributed by atoms with Gasteiger partial charge in [-0.3, -0.25) is 9.59 Å². The van der Waals surface area contributed by atoms with Crippen LogP contribution in [0.5, 0.6) is 0 Å². The Kier molecular flexibility index (Phi) is 7.59. The van der Waals surface area contributed by atoms with Crippen LogP contribution in [-0.4, -0.2) is 29.8 Å². The number of amides is 2. The van der Waals surface area contributed by atoms with E-state index in [4.69, 9.17) is 0 Å². The fraction of sp³-hybridized carbons (Fsp3) is 0.391. The third-order valence-electron chi connectivity index (χ3n) is 4.15. The van der Waals surface area contributed by atoms with Crippen LogP contribution in [0.4, 0.5) is 0 Å². The highest BCUT2D eigenvalue weighted by Gasteiger charge is 2.18. The topological polar surface area (TPSA) is 49.4 Å². The SMILES string of the molecule is CC(C)CN(CC(C)C)C(=O)c1ccc(CNC(=O)c2ccccc2)cc1. The second kappa shape index (κ2) is 9.91. The molecular weight excluding hydrogens is 336 g/mol. The molecule has 0 unspecified atom stereocenters. The fourth-order valence-corrected chi connectivity index (χ4v) is 2.94. The molecule has 4 nitrogen and oxygen atoms in total. The third kappa shape index (κ3) is 6.55. The normalized spacial score (nSPS) is 10.9. The van der Waals surface area contributed by atoms with E-state index in [1.165, 1.54) is 0 Å². The van der Waals surface area contributed by atoms with Crippen LogP contribution in [0.2, 0.25) is 0 Å². The molecule has 2 rings (SSSR count). The van der Waals surface area contributed by atoms with E-state index in [9.17, 15) is 9.59 Å². The van der Waals surface area contributed by atoms with Crippen LogP contribution in [0.25, 0.3) is 0 Å². The molecule has 144 valence electrons. The summed E-state index contributed by atoms with van der Waals surface area (Å²) in [5.74, 6) is 0.827. The number of rotatable bonds is 8. The highest BCUT2D eigenvalue weighted by Crippen LogP contribution is 2.12. The van der Waals surface area contributed by atoms with E-state index >= 15 is 0 Å². The minimum Gasteiger partial charge on any atom is -0.348 e. The van der Waals surface area contributed by atoms with Gasteiger partial charge in [-0.1, -0.05) is 58.0 Å². The zero-order chi connectivity index (χ0) is 19.8. The molecular formula is C23H30N2O2. The summed E-state index contributed by atoms with van der Waals surface area (Å²) >= 11 is 0. The Bertz CT molecular complexity index is 727. The smallest absolute Gasteiger partial charge is 0.253 e. The molecule has 2 aromatic carbocycles. The van der Waals surface area contributed by atoms with Crippen LogP contribution in [-0.2, 0) is 6.54 Å². The highest BCUT2D eigenvalue weighted by atomic mass is 16.2. The van der Waals surface area contributed by atoms with Gasteiger partial charge in [0.05, 0.1) is 0 Å². The third-order valence-corrected chi connectivity index (χ3v) is 4.15. The van der Waals surface area contributed by atoms with Gasteiger partial charge in [0.25, 0.3) is 11.8 Å². The van der Waals surface area contributed by atoms with E-state index < -0.39 is 0 Å². The molecule has 0 bridgehead atoms. The van der Waals surface area contributed by atoms with Crippen molar-refractivity contribution in [2.75, 3.05) is 13.1 Å². The van der Waals surface area contributed by atoms with Crippen molar-refractivity contribution in [3.63, 3.8) is 0 Å². The van der Waals surface area contributed by atoms with Crippen LogP contribution in [0.1, 0.15) is 54.0 Å². The maximum Gasteiger partial charge on any atom is 0.253 e. The lowest BCUT2D eigenvalue weighted by atomic mass is 10.1. The van der Waals surface area contributed by atoms with Gasteiger partial charge in [-0.05, 0) is 41.7 Å². The van der Waals surface area contributed by atoms with Crippen molar-refractivity contribution in [2.45, 2.75) is 34.2 Å². The predicted octanol–water partition coefficient (Wildman–Crippen LogP) is 4.37. The lowest BCUT2D eigenvalue weighted by Gasteiger charge is -2.26. The van der Waals surface area contributed by atoms with Crippen molar-refractivity contribution < 1.29 is 9.59 Å². The zero-order valence-electron chi connectivity index (χ0n) is 16.7.